The summed E-state index contributed by atoms with van der Waals surface area (Å²) in [6.45, 7) is 11.8. The molecule has 2 aromatic carbocycles. The van der Waals surface area contributed by atoms with Crippen LogP contribution >= 0.6 is 12.2 Å². The number of amides is 2. The van der Waals surface area contributed by atoms with E-state index in [2.05, 4.69) is 44.0 Å². The third-order valence-corrected chi connectivity index (χ3v) is 7.35. The van der Waals surface area contributed by atoms with Gasteiger partial charge in [0, 0.05) is 29.4 Å². The van der Waals surface area contributed by atoms with E-state index in [0.29, 0.717) is 22.9 Å². The summed E-state index contributed by atoms with van der Waals surface area (Å²) < 4.78 is 5.74. The molecule has 6 nitrogen and oxygen atoms in total. The summed E-state index contributed by atoms with van der Waals surface area (Å²) >= 11 is 5.40. The number of benzene rings is 2. The number of nitrogens with one attached hydrogen (secondary N) is 1. The molecule has 1 saturated heterocycles. The molecule has 2 heterocycles. The number of hydrogen-bond donors (Lipinski definition) is 1. The number of anilines is 2. The highest BCUT2D eigenvalue weighted by Gasteiger charge is 2.38. The predicted molar refractivity (Wildman–Crippen MR) is 145 cm³/mol. The fraction of sp³-hybridized carbons (Fsp3) is 0.393. The SMILES string of the molecule is CCc1ccccc1N1C(=O)/C(=C\c2cc3c(cc2OC)N(CC)C(C)(C)CC3C)C(=O)NC1=S. The van der Waals surface area contributed by atoms with Crippen LogP contribution in [0.25, 0.3) is 6.08 Å². The number of thiocarbonyl (C=S) groups is 1. The number of methoxy groups -OCH3 is 1. The van der Waals surface area contributed by atoms with Crippen LogP contribution in [-0.2, 0) is 16.0 Å². The first-order chi connectivity index (χ1) is 16.6. The molecule has 0 aromatic heterocycles. The summed E-state index contributed by atoms with van der Waals surface area (Å²) in [5, 5.41) is 2.78. The molecule has 0 radical (unpaired) electrons. The highest BCUT2D eigenvalue weighted by atomic mass is 32.1. The summed E-state index contributed by atoms with van der Waals surface area (Å²) in [6, 6.07) is 11.7. The van der Waals surface area contributed by atoms with Crippen molar-refractivity contribution >= 4 is 46.6 Å². The zero-order valence-electron chi connectivity index (χ0n) is 21.3. The second-order valence-corrected chi connectivity index (χ2v) is 10.1. The Hall–Kier alpha value is -3.19. The quantitative estimate of drug-likeness (QED) is 0.354. The van der Waals surface area contributed by atoms with Crippen molar-refractivity contribution in [2.75, 3.05) is 23.5 Å². The van der Waals surface area contributed by atoms with Crippen LogP contribution in [0.5, 0.6) is 5.75 Å². The average Bonchev–Trinajstić information content (AvgIpc) is 2.81. The maximum Gasteiger partial charge on any atom is 0.270 e. The summed E-state index contributed by atoms with van der Waals surface area (Å²) in [5.41, 5.74) is 4.72. The van der Waals surface area contributed by atoms with Crippen LogP contribution in [0.1, 0.15) is 63.6 Å². The zero-order valence-corrected chi connectivity index (χ0v) is 22.1. The average molecular weight is 492 g/mol. The third kappa shape index (κ3) is 4.33. The minimum atomic E-state index is -0.505. The molecule has 1 fully saturated rings. The van der Waals surface area contributed by atoms with Gasteiger partial charge in [-0.05, 0) is 81.1 Å². The first kappa shape index (κ1) is 24.9. The van der Waals surface area contributed by atoms with E-state index >= 15 is 0 Å². The molecule has 1 atom stereocenters. The molecule has 2 amide bonds. The van der Waals surface area contributed by atoms with Crippen molar-refractivity contribution in [3.63, 3.8) is 0 Å². The highest BCUT2D eigenvalue weighted by molar-refractivity contribution is 7.80. The second-order valence-electron chi connectivity index (χ2n) is 9.75. The Balaban J connectivity index is 1.82. The molecule has 2 aliphatic rings. The molecule has 2 aliphatic heterocycles. The van der Waals surface area contributed by atoms with E-state index in [-0.39, 0.29) is 16.2 Å². The number of hydrogen-bond acceptors (Lipinski definition) is 5. The first-order valence-electron chi connectivity index (χ1n) is 12.1. The first-order valence-corrected chi connectivity index (χ1v) is 12.5. The van der Waals surface area contributed by atoms with E-state index in [0.717, 1.165) is 30.6 Å². The zero-order chi connectivity index (χ0) is 25.5. The van der Waals surface area contributed by atoms with Crippen molar-refractivity contribution in [1.29, 1.82) is 0 Å². The Morgan fingerprint density at radius 1 is 1.17 bits per heavy atom. The van der Waals surface area contributed by atoms with Crippen molar-refractivity contribution in [3.8, 4) is 5.75 Å². The number of carbonyl (C=O) groups is 2. The minimum absolute atomic E-state index is 0.0221. The minimum Gasteiger partial charge on any atom is -0.496 e. The molecular formula is C28H33N3O3S. The standard InChI is InChI=1S/C28H33N3O3S/c1-7-18-11-9-10-12-22(18)31-26(33)21(25(32)29-27(31)35)14-19-13-20-17(3)16-28(4,5)30(8-2)23(20)15-24(19)34-6/h9-15,17H,7-8,16H2,1-6H3,(H,29,32,35)/b21-14-. The van der Waals surface area contributed by atoms with Crippen LogP contribution in [0.3, 0.4) is 0 Å². The van der Waals surface area contributed by atoms with Crippen molar-refractivity contribution in [3.05, 3.63) is 58.7 Å². The van der Waals surface area contributed by atoms with Crippen molar-refractivity contribution < 1.29 is 14.3 Å². The number of carbonyl (C=O) groups excluding carboxylic acids is 2. The molecule has 0 aliphatic carbocycles. The van der Waals surface area contributed by atoms with Crippen molar-refractivity contribution in [1.82, 2.24) is 5.32 Å². The Morgan fingerprint density at radius 3 is 2.54 bits per heavy atom. The van der Waals surface area contributed by atoms with E-state index in [1.54, 1.807) is 13.2 Å². The predicted octanol–water partition coefficient (Wildman–Crippen LogP) is 5.20. The van der Waals surface area contributed by atoms with E-state index in [1.165, 1.54) is 10.5 Å². The van der Waals surface area contributed by atoms with E-state index in [1.807, 2.05) is 37.3 Å². The third-order valence-electron chi connectivity index (χ3n) is 7.07. The molecule has 0 spiro atoms. The maximum absolute atomic E-state index is 13.6. The lowest BCUT2D eigenvalue weighted by molar-refractivity contribution is -0.122. The molecule has 1 N–H and O–H groups in total. The van der Waals surface area contributed by atoms with Gasteiger partial charge in [0.25, 0.3) is 11.8 Å². The number of rotatable bonds is 5. The molecule has 7 heteroatoms. The maximum atomic E-state index is 13.6. The number of fused-ring (bicyclic) bond motifs is 1. The van der Waals surface area contributed by atoms with Gasteiger partial charge in [-0.1, -0.05) is 32.0 Å². The van der Waals surface area contributed by atoms with Gasteiger partial charge in [0.05, 0.1) is 12.8 Å². The Bertz CT molecular complexity index is 1230. The van der Waals surface area contributed by atoms with E-state index < -0.39 is 11.8 Å². The topological polar surface area (TPSA) is 61.9 Å². The number of nitrogens with zero attached hydrogens (tertiary/aromatic N) is 2. The van der Waals surface area contributed by atoms with Gasteiger partial charge in [-0.2, -0.15) is 0 Å². The number of aryl methyl sites for hydroxylation is 1. The van der Waals surface area contributed by atoms with Crippen molar-refractivity contribution in [2.24, 2.45) is 0 Å². The Kier molecular flexibility index (Phi) is 6.73. The second kappa shape index (κ2) is 9.46. The molecule has 0 bridgehead atoms. The summed E-state index contributed by atoms with van der Waals surface area (Å²) in [7, 11) is 1.61. The number of ether oxygens (including phenoxy) is 1. The van der Waals surface area contributed by atoms with Gasteiger partial charge >= 0.3 is 0 Å². The van der Waals surface area contributed by atoms with Crippen LogP contribution in [-0.4, -0.2) is 36.1 Å². The van der Waals surface area contributed by atoms with Gasteiger partial charge in [0.15, 0.2) is 5.11 Å². The van der Waals surface area contributed by atoms with Gasteiger partial charge in [-0.3, -0.25) is 19.8 Å². The lowest BCUT2D eigenvalue weighted by atomic mass is 9.79. The largest absolute Gasteiger partial charge is 0.496 e. The van der Waals surface area contributed by atoms with E-state index in [4.69, 9.17) is 17.0 Å². The molecule has 0 saturated carbocycles. The molecular weight excluding hydrogens is 458 g/mol. The van der Waals surface area contributed by atoms with Crippen LogP contribution in [0.2, 0.25) is 0 Å². The normalized spacial score (nSPS) is 20.7. The Morgan fingerprint density at radius 2 is 1.89 bits per heavy atom. The van der Waals surface area contributed by atoms with Crippen LogP contribution < -0.4 is 19.9 Å². The fourth-order valence-electron chi connectivity index (χ4n) is 5.48. The van der Waals surface area contributed by atoms with Crippen LogP contribution in [0.15, 0.2) is 42.0 Å². The van der Waals surface area contributed by atoms with Gasteiger partial charge < -0.3 is 9.64 Å². The monoisotopic (exact) mass is 491 g/mol. The Labute approximate surface area is 212 Å². The molecule has 4 rings (SSSR count). The van der Waals surface area contributed by atoms with Crippen LogP contribution in [0, 0.1) is 0 Å². The van der Waals surface area contributed by atoms with Crippen molar-refractivity contribution in [2.45, 2.75) is 58.9 Å². The van der Waals surface area contributed by atoms with Gasteiger partial charge in [0.1, 0.15) is 11.3 Å². The highest BCUT2D eigenvalue weighted by Crippen LogP contribution is 2.46. The lowest BCUT2D eigenvalue weighted by Gasteiger charge is -2.47. The molecule has 35 heavy (non-hydrogen) atoms. The molecule has 184 valence electrons. The number of para-hydroxylation sites is 1. The fourth-order valence-corrected chi connectivity index (χ4v) is 5.75. The van der Waals surface area contributed by atoms with Gasteiger partial charge in [-0.15, -0.1) is 0 Å². The molecule has 2 aromatic rings. The summed E-state index contributed by atoms with van der Waals surface area (Å²) in [4.78, 5) is 30.3. The smallest absolute Gasteiger partial charge is 0.270 e. The lowest BCUT2D eigenvalue weighted by Crippen LogP contribution is -2.54. The van der Waals surface area contributed by atoms with Gasteiger partial charge in [0.2, 0.25) is 0 Å². The molecule has 1 unspecified atom stereocenters. The van der Waals surface area contributed by atoms with Gasteiger partial charge in [-0.25, -0.2) is 0 Å². The van der Waals surface area contributed by atoms with Crippen LogP contribution in [0.4, 0.5) is 11.4 Å². The van der Waals surface area contributed by atoms with E-state index in [9.17, 15) is 9.59 Å². The summed E-state index contributed by atoms with van der Waals surface area (Å²) in [5.74, 6) is -0.00531. The summed E-state index contributed by atoms with van der Waals surface area (Å²) in [6.07, 6.45) is 3.37.